The number of aliphatic hydroxyl groups is 1. The van der Waals surface area contributed by atoms with Crippen LogP contribution in [0.3, 0.4) is 0 Å². The Hall–Kier alpha value is -1.21. The number of halogens is 5. The van der Waals surface area contributed by atoms with Crippen molar-refractivity contribution in [1.29, 1.82) is 0 Å². The van der Waals surface area contributed by atoms with Crippen LogP contribution in [0.2, 0.25) is 0 Å². The summed E-state index contributed by atoms with van der Waals surface area (Å²) in [5.74, 6) is -1.95. The molecule has 0 heterocycles. The molecule has 1 aromatic carbocycles. The van der Waals surface area contributed by atoms with E-state index in [0.717, 1.165) is 12.1 Å². The lowest BCUT2D eigenvalue weighted by molar-refractivity contribution is -0.153. The Balaban J connectivity index is 2.79. The predicted molar refractivity (Wildman–Crippen MR) is 50.0 cm³/mol. The van der Waals surface area contributed by atoms with Gasteiger partial charge in [-0.25, -0.2) is 8.78 Å². The lowest BCUT2D eigenvalue weighted by Crippen LogP contribution is -2.38. The number of aliphatic hydroxyl groups excluding tert-OH is 1. The molecule has 0 aromatic heterocycles. The molecule has 0 spiro atoms. The van der Waals surface area contributed by atoms with Crippen LogP contribution >= 0.6 is 0 Å². The Labute approximate surface area is 93.9 Å². The summed E-state index contributed by atoms with van der Waals surface area (Å²) in [6.07, 6.45) is -7.18. The van der Waals surface area contributed by atoms with Crippen LogP contribution in [0, 0.1) is 11.6 Å². The average Bonchev–Trinajstić information content (AvgIpc) is 2.14. The summed E-state index contributed by atoms with van der Waals surface area (Å²) in [5, 5.41) is 9.39. The molecular weight excluding hydrogens is 245 g/mol. The normalized spacial score (nSPS) is 15.7. The Morgan fingerprint density at radius 2 is 1.59 bits per heavy atom. The van der Waals surface area contributed by atoms with Crippen LogP contribution in [0.1, 0.15) is 18.1 Å². The molecule has 1 aromatic rings. The minimum Gasteiger partial charge on any atom is -0.388 e. The van der Waals surface area contributed by atoms with Crippen molar-refractivity contribution in [3.63, 3.8) is 0 Å². The van der Waals surface area contributed by atoms with Crippen molar-refractivity contribution in [3.05, 3.63) is 35.4 Å². The van der Waals surface area contributed by atoms with Crippen LogP contribution in [0.5, 0.6) is 0 Å². The zero-order valence-electron chi connectivity index (χ0n) is 8.51. The number of alkyl halides is 3. The molecule has 0 aliphatic rings. The first-order valence-electron chi connectivity index (χ1n) is 4.66. The lowest BCUT2D eigenvalue weighted by atomic mass is 10.0. The van der Waals surface area contributed by atoms with E-state index in [9.17, 15) is 27.1 Å². The summed E-state index contributed by atoms with van der Waals surface area (Å²) in [6, 6.07) is -0.169. The van der Waals surface area contributed by atoms with E-state index in [4.69, 9.17) is 5.73 Å². The Bertz CT molecular complexity index is 373. The van der Waals surface area contributed by atoms with Gasteiger partial charge in [-0.1, -0.05) is 0 Å². The molecule has 7 heteroatoms. The zero-order valence-corrected chi connectivity index (χ0v) is 8.51. The monoisotopic (exact) mass is 255 g/mol. The Morgan fingerprint density at radius 3 is 2.00 bits per heavy atom. The van der Waals surface area contributed by atoms with Gasteiger partial charge in [-0.3, -0.25) is 0 Å². The molecule has 17 heavy (non-hydrogen) atoms. The van der Waals surface area contributed by atoms with Gasteiger partial charge in [0.15, 0.2) is 0 Å². The van der Waals surface area contributed by atoms with E-state index >= 15 is 0 Å². The van der Waals surface area contributed by atoms with Crippen LogP contribution in [0.4, 0.5) is 22.0 Å². The second kappa shape index (κ2) is 4.97. The van der Waals surface area contributed by atoms with Crippen molar-refractivity contribution in [2.24, 2.45) is 5.73 Å². The summed E-state index contributed by atoms with van der Waals surface area (Å²) in [7, 11) is 0. The fourth-order valence-electron chi connectivity index (χ4n) is 1.28. The minimum absolute atomic E-state index is 0.276. The van der Waals surface area contributed by atoms with Crippen LogP contribution < -0.4 is 5.73 Å². The first kappa shape index (κ1) is 13.9. The fraction of sp³-hybridized carbons (Fsp3) is 0.400. The highest BCUT2D eigenvalue weighted by Gasteiger charge is 2.38. The molecular formula is C10H10F5NO. The maximum absolute atomic E-state index is 12.8. The van der Waals surface area contributed by atoms with Crippen LogP contribution in [0.15, 0.2) is 18.2 Å². The third kappa shape index (κ3) is 3.94. The minimum atomic E-state index is -4.66. The summed E-state index contributed by atoms with van der Waals surface area (Å²) in [4.78, 5) is 0. The smallest absolute Gasteiger partial charge is 0.388 e. The maximum atomic E-state index is 12.8. The average molecular weight is 255 g/mol. The Morgan fingerprint density at radius 1 is 1.12 bits per heavy atom. The van der Waals surface area contributed by atoms with E-state index < -0.39 is 36.4 Å². The quantitative estimate of drug-likeness (QED) is 0.814. The van der Waals surface area contributed by atoms with E-state index in [1.165, 1.54) is 0 Å². The Kier molecular flexibility index (Phi) is 4.05. The fourth-order valence-corrected chi connectivity index (χ4v) is 1.28. The molecule has 96 valence electrons. The van der Waals surface area contributed by atoms with E-state index in [2.05, 4.69) is 0 Å². The van der Waals surface area contributed by atoms with Crippen molar-refractivity contribution >= 4 is 0 Å². The van der Waals surface area contributed by atoms with Crippen LogP contribution in [-0.2, 0) is 0 Å². The van der Waals surface area contributed by atoms with Gasteiger partial charge in [0.1, 0.15) is 17.7 Å². The van der Waals surface area contributed by atoms with Crippen molar-refractivity contribution in [3.8, 4) is 0 Å². The van der Waals surface area contributed by atoms with Crippen LogP contribution in [0.25, 0.3) is 0 Å². The van der Waals surface area contributed by atoms with Crippen molar-refractivity contribution in [2.45, 2.75) is 24.7 Å². The number of nitrogens with two attached hydrogens (primary N) is 1. The number of benzene rings is 1. The lowest BCUT2D eigenvalue weighted by Gasteiger charge is -2.19. The summed E-state index contributed by atoms with van der Waals surface area (Å²) >= 11 is 0. The molecule has 0 amide bonds. The number of rotatable bonds is 3. The molecule has 1 rings (SSSR count). The molecule has 0 saturated heterocycles. The molecule has 3 N–H and O–H groups in total. The van der Waals surface area contributed by atoms with E-state index in [-0.39, 0.29) is 5.56 Å². The van der Waals surface area contributed by atoms with Gasteiger partial charge in [0.2, 0.25) is 0 Å². The van der Waals surface area contributed by atoms with Gasteiger partial charge in [0.05, 0.1) is 6.10 Å². The van der Waals surface area contributed by atoms with Gasteiger partial charge in [-0.15, -0.1) is 0 Å². The molecule has 0 bridgehead atoms. The first-order chi connectivity index (χ1) is 7.70. The summed E-state index contributed by atoms with van der Waals surface area (Å²) < 4.78 is 61.8. The first-order valence-corrected chi connectivity index (χ1v) is 4.66. The van der Waals surface area contributed by atoms with Crippen LogP contribution in [-0.4, -0.2) is 17.3 Å². The van der Waals surface area contributed by atoms with Gasteiger partial charge in [0, 0.05) is 12.5 Å². The molecule has 0 aliphatic carbocycles. The van der Waals surface area contributed by atoms with E-state index in [1.807, 2.05) is 0 Å². The molecule has 0 fully saturated rings. The van der Waals surface area contributed by atoms with Gasteiger partial charge in [-0.05, 0) is 17.7 Å². The van der Waals surface area contributed by atoms with Gasteiger partial charge < -0.3 is 10.8 Å². The molecule has 0 radical (unpaired) electrons. The molecule has 0 saturated carbocycles. The molecule has 0 unspecified atom stereocenters. The van der Waals surface area contributed by atoms with Crippen molar-refractivity contribution < 1.29 is 27.1 Å². The highest BCUT2D eigenvalue weighted by molar-refractivity contribution is 5.20. The topological polar surface area (TPSA) is 46.2 Å². The number of hydrogen-bond donors (Lipinski definition) is 2. The largest absolute Gasteiger partial charge is 0.403 e. The third-order valence-corrected chi connectivity index (χ3v) is 2.17. The highest BCUT2D eigenvalue weighted by atomic mass is 19.4. The molecule has 2 atom stereocenters. The van der Waals surface area contributed by atoms with Gasteiger partial charge >= 0.3 is 6.18 Å². The summed E-state index contributed by atoms with van der Waals surface area (Å²) in [6.45, 7) is 0. The van der Waals surface area contributed by atoms with Gasteiger partial charge in [0.25, 0.3) is 0 Å². The van der Waals surface area contributed by atoms with Gasteiger partial charge in [-0.2, -0.15) is 13.2 Å². The predicted octanol–water partition coefficient (Wildman–Crippen LogP) is 2.28. The standard InChI is InChI=1S/C10H10F5NO/c11-6-1-5(2-7(12)3-6)8(17)4-9(16)10(13,14)15/h1-3,8-9,17H,4,16H2/t8-,9-/m0/s1. The molecule has 2 nitrogen and oxygen atoms in total. The second-order valence-electron chi connectivity index (χ2n) is 3.60. The second-order valence-corrected chi connectivity index (χ2v) is 3.60. The van der Waals surface area contributed by atoms with E-state index in [1.54, 1.807) is 0 Å². The van der Waals surface area contributed by atoms with Crippen molar-refractivity contribution in [1.82, 2.24) is 0 Å². The van der Waals surface area contributed by atoms with Crippen molar-refractivity contribution in [2.75, 3.05) is 0 Å². The maximum Gasteiger partial charge on any atom is 0.403 e. The van der Waals surface area contributed by atoms with E-state index in [0.29, 0.717) is 6.07 Å². The zero-order chi connectivity index (χ0) is 13.2. The molecule has 0 aliphatic heterocycles. The number of hydrogen-bond acceptors (Lipinski definition) is 2. The third-order valence-electron chi connectivity index (χ3n) is 2.17. The highest BCUT2D eigenvalue weighted by Crippen LogP contribution is 2.27. The summed E-state index contributed by atoms with van der Waals surface area (Å²) in [5.41, 5.74) is 4.52. The SMILES string of the molecule is N[C@@H](C[C@H](O)c1cc(F)cc(F)c1)C(F)(F)F.